The van der Waals surface area contributed by atoms with E-state index in [-0.39, 0.29) is 16.3 Å². The Morgan fingerprint density at radius 1 is 0.889 bits per heavy atom. The summed E-state index contributed by atoms with van der Waals surface area (Å²) in [5.74, 6) is -0.595. The molecule has 0 unspecified atom stereocenters. The fourth-order valence-electron chi connectivity index (χ4n) is 3.57. The molecule has 0 saturated carbocycles. The van der Waals surface area contributed by atoms with Gasteiger partial charge in [-0.2, -0.15) is 0 Å². The monoisotopic (exact) mass is 502 g/mol. The molecule has 0 aliphatic rings. The summed E-state index contributed by atoms with van der Waals surface area (Å²) in [5, 5.41) is 14.0. The topological polar surface area (TPSA) is 123 Å². The second-order valence-electron chi connectivity index (χ2n) is 7.88. The highest BCUT2D eigenvalue weighted by Crippen LogP contribution is 2.27. The highest BCUT2D eigenvalue weighted by atomic mass is 32.2. The number of pyridine rings is 1. The van der Waals surface area contributed by atoms with Crippen molar-refractivity contribution >= 4 is 33.0 Å². The van der Waals surface area contributed by atoms with Gasteiger partial charge >= 0.3 is 0 Å². The molecule has 0 aliphatic carbocycles. The summed E-state index contributed by atoms with van der Waals surface area (Å²) >= 11 is 0. The van der Waals surface area contributed by atoms with Crippen LogP contribution in [0, 0.1) is 10.1 Å². The van der Waals surface area contributed by atoms with Crippen LogP contribution in [0.2, 0.25) is 0 Å². The molecule has 182 valence electrons. The molecule has 0 saturated heterocycles. The van der Waals surface area contributed by atoms with Crippen LogP contribution in [0.1, 0.15) is 11.1 Å². The number of hydrogen-bond donors (Lipinski definition) is 1. The van der Waals surface area contributed by atoms with Gasteiger partial charge < -0.3 is 5.32 Å². The third-order valence-corrected chi connectivity index (χ3v) is 7.13. The van der Waals surface area contributed by atoms with Gasteiger partial charge in [0.1, 0.15) is 6.54 Å². The number of hydrogen-bond acceptors (Lipinski definition) is 6. The van der Waals surface area contributed by atoms with Gasteiger partial charge in [-0.1, -0.05) is 36.4 Å². The van der Waals surface area contributed by atoms with Crippen molar-refractivity contribution in [3.05, 3.63) is 125 Å². The fraction of sp³-hybridized carbons (Fsp3) is 0.0769. The van der Waals surface area contributed by atoms with E-state index in [4.69, 9.17) is 0 Å². The largest absolute Gasteiger partial charge is 0.325 e. The molecule has 0 aliphatic heterocycles. The Balaban J connectivity index is 1.55. The molecule has 0 atom stereocenters. The lowest BCUT2D eigenvalue weighted by Gasteiger charge is -2.24. The molecular formula is C26H22N4O5S. The minimum Gasteiger partial charge on any atom is -0.325 e. The first kappa shape index (κ1) is 24.6. The summed E-state index contributed by atoms with van der Waals surface area (Å²) in [6.07, 6.45) is 4.15. The molecule has 9 nitrogen and oxygen atoms in total. The summed E-state index contributed by atoms with van der Waals surface area (Å²) in [7, 11) is -4.18. The van der Waals surface area contributed by atoms with Crippen molar-refractivity contribution in [2.45, 2.75) is 11.3 Å². The van der Waals surface area contributed by atoms with Crippen LogP contribution in [0.15, 0.2) is 108 Å². The van der Waals surface area contributed by atoms with Crippen molar-refractivity contribution in [1.29, 1.82) is 0 Å². The van der Waals surface area contributed by atoms with Gasteiger partial charge in [0, 0.05) is 30.2 Å². The molecule has 10 heteroatoms. The van der Waals surface area contributed by atoms with Crippen LogP contribution < -0.4 is 9.62 Å². The molecular weight excluding hydrogens is 480 g/mol. The van der Waals surface area contributed by atoms with E-state index < -0.39 is 27.4 Å². The second-order valence-corrected chi connectivity index (χ2v) is 9.74. The molecule has 1 N–H and O–H groups in total. The standard InChI is InChI=1S/C26H22N4O5S/c31-26(28-22-11-9-20(10-12-22)17-21-13-15-27-16-14-21)19-29(23-5-4-6-24(18-23)30(32)33)36(34,35)25-7-2-1-3-8-25/h1-16,18H,17,19H2,(H,28,31). The first-order valence-corrected chi connectivity index (χ1v) is 12.4. The molecule has 3 aromatic carbocycles. The minimum absolute atomic E-state index is 0.0101. The van der Waals surface area contributed by atoms with Gasteiger partial charge in [0.05, 0.1) is 15.5 Å². The number of nitro groups is 1. The number of benzene rings is 3. The average molecular weight is 503 g/mol. The summed E-state index contributed by atoms with van der Waals surface area (Å²) < 4.78 is 27.6. The van der Waals surface area contributed by atoms with Crippen LogP contribution in [0.5, 0.6) is 0 Å². The van der Waals surface area contributed by atoms with Gasteiger partial charge in [-0.25, -0.2) is 8.42 Å². The van der Waals surface area contributed by atoms with E-state index in [9.17, 15) is 23.3 Å². The van der Waals surface area contributed by atoms with Crippen LogP contribution in [0.25, 0.3) is 0 Å². The van der Waals surface area contributed by atoms with Crippen molar-refractivity contribution in [1.82, 2.24) is 4.98 Å². The van der Waals surface area contributed by atoms with Gasteiger partial charge in [0.2, 0.25) is 5.91 Å². The maximum absolute atomic E-state index is 13.4. The Morgan fingerprint density at radius 2 is 1.56 bits per heavy atom. The van der Waals surface area contributed by atoms with Crippen LogP contribution in [0.4, 0.5) is 17.1 Å². The number of nitro benzene ring substituents is 1. The zero-order valence-corrected chi connectivity index (χ0v) is 19.8. The third kappa shape index (κ3) is 5.91. The van der Waals surface area contributed by atoms with Gasteiger partial charge in [0.15, 0.2) is 0 Å². The van der Waals surface area contributed by atoms with E-state index in [2.05, 4.69) is 10.3 Å². The number of nitrogens with zero attached hydrogens (tertiary/aromatic N) is 3. The van der Waals surface area contributed by atoms with E-state index in [1.54, 1.807) is 42.7 Å². The van der Waals surface area contributed by atoms with Crippen molar-refractivity contribution < 1.29 is 18.1 Å². The Hall–Kier alpha value is -4.57. The first-order valence-electron chi connectivity index (χ1n) is 10.9. The molecule has 4 aromatic rings. The van der Waals surface area contributed by atoms with Gasteiger partial charge in [-0.3, -0.25) is 24.2 Å². The summed E-state index contributed by atoms with van der Waals surface area (Å²) in [4.78, 5) is 27.5. The summed E-state index contributed by atoms with van der Waals surface area (Å²) in [6.45, 7) is -0.572. The van der Waals surface area contributed by atoms with E-state index >= 15 is 0 Å². The number of carbonyl (C=O) groups excluding carboxylic acids is 1. The molecule has 0 spiro atoms. The highest BCUT2D eigenvalue weighted by molar-refractivity contribution is 7.92. The van der Waals surface area contributed by atoms with Crippen molar-refractivity contribution in [3.8, 4) is 0 Å². The third-order valence-electron chi connectivity index (χ3n) is 5.34. The molecule has 1 heterocycles. The Bertz CT molecular complexity index is 1460. The number of sulfonamides is 1. The van der Waals surface area contributed by atoms with Crippen molar-refractivity contribution in [2.24, 2.45) is 0 Å². The number of rotatable bonds is 9. The van der Waals surface area contributed by atoms with E-state index in [0.29, 0.717) is 12.1 Å². The zero-order chi connectivity index (χ0) is 25.5. The van der Waals surface area contributed by atoms with Crippen molar-refractivity contribution in [3.63, 3.8) is 0 Å². The number of nitrogens with one attached hydrogen (secondary N) is 1. The average Bonchev–Trinajstić information content (AvgIpc) is 2.89. The van der Waals surface area contributed by atoms with Crippen molar-refractivity contribution in [2.75, 3.05) is 16.2 Å². The lowest BCUT2D eigenvalue weighted by molar-refractivity contribution is -0.384. The highest BCUT2D eigenvalue weighted by Gasteiger charge is 2.28. The van der Waals surface area contributed by atoms with Crippen LogP contribution >= 0.6 is 0 Å². The number of aromatic nitrogens is 1. The van der Waals surface area contributed by atoms with E-state index in [1.807, 2.05) is 24.3 Å². The Morgan fingerprint density at radius 3 is 2.22 bits per heavy atom. The molecule has 0 bridgehead atoms. The lowest BCUT2D eigenvalue weighted by Crippen LogP contribution is -2.38. The number of non-ortho nitro benzene ring substituents is 1. The van der Waals surface area contributed by atoms with E-state index in [0.717, 1.165) is 21.5 Å². The predicted octanol–water partition coefficient (Wildman–Crippen LogP) is 4.41. The van der Waals surface area contributed by atoms with E-state index in [1.165, 1.54) is 30.3 Å². The Kier molecular flexibility index (Phi) is 7.36. The predicted molar refractivity (Wildman–Crippen MR) is 136 cm³/mol. The number of carbonyl (C=O) groups is 1. The molecule has 0 radical (unpaired) electrons. The summed E-state index contributed by atoms with van der Waals surface area (Å²) in [6, 6.07) is 23.8. The first-order chi connectivity index (χ1) is 17.3. The fourth-order valence-corrected chi connectivity index (χ4v) is 5.00. The molecule has 0 fully saturated rings. The number of amides is 1. The zero-order valence-electron chi connectivity index (χ0n) is 19.0. The normalized spacial score (nSPS) is 11.0. The maximum atomic E-state index is 13.4. The second kappa shape index (κ2) is 10.8. The number of anilines is 2. The molecule has 4 rings (SSSR count). The molecule has 36 heavy (non-hydrogen) atoms. The van der Waals surface area contributed by atoms with Crippen LogP contribution in [-0.2, 0) is 21.2 Å². The maximum Gasteiger partial charge on any atom is 0.271 e. The molecule has 1 aromatic heterocycles. The van der Waals surface area contributed by atoms with Gasteiger partial charge in [0.25, 0.3) is 15.7 Å². The summed E-state index contributed by atoms with van der Waals surface area (Å²) in [5.41, 5.74) is 2.35. The lowest BCUT2D eigenvalue weighted by atomic mass is 10.1. The van der Waals surface area contributed by atoms with Gasteiger partial charge in [-0.15, -0.1) is 0 Å². The minimum atomic E-state index is -4.18. The molecule has 1 amide bonds. The quantitative estimate of drug-likeness (QED) is 0.267. The Labute approximate surface area is 208 Å². The van der Waals surface area contributed by atoms with Crippen LogP contribution in [0.3, 0.4) is 0 Å². The van der Waals surface area contributed by atoms with Crippen LogP contribution in [-0.4, -0.2) is 30.8 Å². The van der Waals surface area contributed by atoms with Gasteiger partial charge in [-0.05, 0) is 60.0 Å². The SMILES string of the molecule is O=C(CN(c1cccc([N+](=O)[O-])c1)S(=O)(=O)c1ccccc1)Nc1ccc(Cc2ccncc2)cc1. The smallest absolute Gasteiger partial charge is 0.271 e.